The first kappa shape index (κ1) is 17.0. The molecule has 2 atom stereocenters. The van der Waals surface area contributed by atoms with Crippen molar-refractivity contribution in [1.82, 2.24) is 10.6 Å². The van der Waals surface area contributed by atoms with E-state index in [0.717, 1.165) is 19.3 Å². The average molecular weight is 291 g/mol. The van der Waals surface area contributed by atoms with Gasteiger partial charge in [-0.15, -0.1) is 0 Å². The lowest BCUT2D eigenvalue weighted by Crippen LogP contribution is -2.51. The van der Waals surface area contributed by atoms with Crippen molar-refractivity contribution >= 4 is 11.9 Å². The number of amides is 3. The Morgan fingerprint density at radius 3 is 2.48 bits per heavy atom. The molecular formula is C16H25N3O2. The van der Waals surface area contributed by atoms with Gasteiger partial charge in [0.05, 0.1) is 0 Å². The van der Waals surface area contributed by atoms with Gasteiger partial charge in [-0.1, -0.05) is 50.6 Å². The van der Waals surface area contributed by atoms with Crippen molar-refractivity contribution in [3.05, 3.63) is 35.9 Å². The Balaban J connectivity index is 2.37. The molecule has 0 aliphatic carbocycles. The molecule has 1 aromatic rings. The van der Waals surface area contributed by atoms with Crippen molar-refractivity contribution in [2.75, 3.05) is 6.54 Å². The summed E-state index contributed by atoms with van der Waals surface area (Å²) < 4.78 is 0. The van der Waals surface area contributed by atoms with Crippen molar-refractivity contribution in [3.8, 4) is 0 Å². The molecule has 0 saturated carbocycles. The summed E-state index contributed by atoms with van der Waals surface area (Å²) in [5, 5.41) is 5.38. The van der Waals surface area contributed by atoms with Crippen LogP contribution in [0.15, 0.2) is 30.3 Å². The fourth-order valence-corrected chi connectivity index (χ4v) is 2.11. The van der Waals surface area contributed by atoms with Crippen LogP contribution in [0.2, 0.25) is 0 Å². The number of hydrogen-bond donors (Lipinski definition) is 3. The highest BCUT2D eigenvalue weighted by Gasteiger charge is 2.24. The van der Waals surface area contributed by atoms with E-state index in [4.69, 9.17) is 5.73 Å². The van der Waals surface area contributed by atoms with E-state index in [0.29, 0.717) is 6.54 Å². The Labute approximate surface area is 126 Å². The van der Waals surface area contributed by atoms with E-state index >= 15 is 0 Å². The third-order valence-electron chi connectivity index (χ3n) is 3.58. The third kappa shape index (κ3) is 6.29. The highest BCUT2D eigenvalue weighted by molar-refractivity contribution is 5.86. The second-order valence-corrected chi connectivity index (χ2v) is 5.25. The molecule has 0 aromatic heterocycles. The van der Waals surface area contributed by atoms with Gasteiger partial charge in [0.25, 0.3) is 0 Å². The predicted molar refractivity (Wildman–Crippen MR) is 83.7 cm³/mol. The molecule has 1 aromatic carbocycles. The summed E-state index contributed by atoms with van der Waals surface area (Å²) in [4.78, 5) is 23.1. The summed E-state index contributed by atoms with van der Waals surface area (Å²) in [6.45, 7) is 4.48. The van der Waals surface area contributed by atoms with Crippen molar-refractivity contribution < 1.29 is 9.59 Å². The van der Waals surface area contributed by atoms with Gasteiger partial charge in [0.15, 0.2) is 0 Å². The molecule has 1 rings (SSSR count). The number of carbonyl (C=O) groups is 2. The molecule has 0 aliphatic rings. The largest absolute Gasteiger partial charge is 0.354 e. The molecule has 0 radical (unpaired) electrons. The maximum atomic E-state index is 12.1. The van der Waals surface area contributed by atoms with E-state index in [1.165, 1.54) is 5.56 Å². The molecule has 0 unspecified atom stereocenters. The maximum Gasteiger partial charge on any atom is 0.312 e. The summed E-state index contributed by atoms with van der Waals surface area (Å²) in [6.07, 6.45) is 2.57. The monoisotopic (exact) mass is 291 g/mol. The van der Waals surface area contributed by atoms with Gasteiger partial charge in [-0.05, 0) is 24.3 Å². The number of nitrogens with two attached hydrogens (primary N) is 1. The van der Waals surface area contributed by atoms with Crippen LogP contribution in [0.1, 0.15) is 32.3 Å². The highest BCUT2D eigenvalue weighted by atomic mass is 16.2. The quantitative estimate of drug-likeness (QED) is 0.638. The van der Waals surface area contributed by atoms with Crippen molar-refractivity contribution in [2.24, 2.45) is 11.7 Å². The molecule has 5 nitrogen and oxygen atoms in total. The topological polar surface area (TPSA) is 84.2 Å². The number of primary amides is 1. The second kappa shape index (κ2) is 9.00. The smallest absolute Gasteiger partial charge is 0.312 e. The van der Waals surface area contributed by atoms with Gasteiger partial charge >= 0.3 is 6.03 Å². The Morgan fingerprint density at radius 1 is 1.24 bits per heavy atom. The molecular weight excluding hydrogens is 266 g/mol. The zero-order valence-corrected chi connectivity index (χ0v) is 12.8. The first-order valence-electron chi connectivity index (χ1n) is 7.42. The van der Waals surface area contributed by atoms with E-state index < -0.39 is 12.1 Å². The van der Waals surface area contributed by atoms with Gasteiger partial charge in [0.1, 0.15) is 6.04 Å². The number of rotatable bonds is 8. The Bertz CT molecular complexity index is 448. The van der Waals surface area contributed by atoms with Gasteiger partial charge in [0.2, 0.25) is 5.91 Å². The van der Waals surface area contributed by atoms with Crippen LogP contribution in [0.4, 0.5) is 4.79 Å². The Hall–Kier alpha value is -2.04. The summed E-state index contributed by atoms with van der Waals surface area (Å²) in [5.74, 6) is -0.122. The molecule has 3 amide bonds. The van der Waals surface area contributed by atoms with Gasteiger partial charge in [-0.2, -0.15) is 0 Å². The molecule has 5 heteroatoms. The van der Waals surface area contributed by atoms with E-state index in [-0.39, 0.29) is 11.8 Å². The normalized spacial score (nSPS) is 13.2. The van der Waals surface area contributed by atoms with E-state index in [1.54, 1.807) is 0 Å². The SMILES string of the molecule is CC[C@H](C)[C@@H](NC(N)=O)C(=O)NCCCc1ccccc1. The highest BCUT2D eigenvalue weighted by Crippen LogP contribution is 2.08. The molecule has 0 saturated heterocycles. The number of carbonyl (C=O) groups excluding carboxylic acids is 2. The minimum atomic E-state index is -0.667. The van der Waals surface area contributed by atoms with Gasteiger partial charge in [0, 0.05) is 6.54 Å². The molecule has 21 heavy (non-hydrogen) atoms. The first-order chi connectivity index (χ1) is 10.0. The van der Waals surface area contributed by atoms with Crippen LogP contribution >= 0.6 is 0 Å². The summed E-state index contributed by atoms with van der Waals surface area (Å²) in [5.41, 5.74) is 6.37. The second-order valence-electron chi connectivity index (χ2n) is 5.25. The summed E-state index contributed by atoms with van der Waals surface area (Å²) in [7, 11) is 0. The van der Waals surface area contributed by atoms with Crippen LogP contribution in [-0.4, -0.2) is 24.5 Å². The standard InChI is InChI=1S/C16H25N3O2/c1-3-12(2)14(19-16(17)21)15(20)18-11-7-10-13-8-5-4-6-9-13/h4-6,8-9,12,14H,3,7,10-11H2,1-2H3,(H,18,20)(H3,17,19,21)/t12-,14+/m0/s1. The number of aryl methyl sites for hydroxylation is 1. The lowest BCUT2D eigenvalue weighted by molar-refractivity contribution is -0.124. The van der Waals surface area contributed by atoms with Gasteiger partial charge in [-0.3, -0.25) is 4.79 Å². The van der Waals surface area contributed by atoms with Crippen LogP contribution in [0.5, 0.6) is 0 Å². The van der Waals surface area contributed by atoms with Gasteiger partial charge in [-0.25, -0.2) is 4.79 Å². The Morgan fingerprint density at radius 2 is 1.90 bits per heavy atom. The van der Waals surface area contributed by atoms with E-state index in [1.807, 2.05) is 32.0 Å². The maximum absolute atomic E-state index is 12.1. The molecule has 0 fully saturated rings. The van der Waals surface area contributed by atoms with E-state index in [9.17, 15) is 9.59 Å². The number of hydrogen-bond acceptors (Lipinski definition) is 2. The summed E-state index contributed by atoms with van der Waals surface area (Å²) in [6, 6.07) is 8.89. The van der Waals surface area contributed by atoms with Crippen molar-refractivity contribution in [2.45, 2.75) is 39.2 Å². The zero-order chi connectivity index (χ0) is 15.7. The fourth-order valence-electron chi connectivity index (χ4n) is 2.11. The summed E-state index contributed by atoms with van der Waals surface area (Å²) >= 11 is 0. The predicted octanol–water partition coefficient (Wildman–Crippen LogP) is 1.82. The van der Waals surface area contributed by atoms with Crippen LogP contribution in [-0.2, 0) is 11.2 Å². The first-order valence-corrected chi connectivity index (χ1v) is 7.42. The van der Waals surface area contributed by atoms with Crippen molar-refractivity contribution in [1.29, 1.82) is 0 Å². The molecule has 4 N–H and O–H groups in total. The molecule has 0 bridgehead atoms. The number of benzene rings is 1. The minimum absolute atomic E-state index is 0.0478. The molecule has 0 spiro atoms. The number of urea groups is 1. The molecule has 0 heterocycles. The average Bonchev–Trinajstić information content (AvgIpc) is 2.49. The number of nitrogens with one attached hydrogen (secondary N) is 2. The fraction of sp³-hybridized carbons (Fsp3) is 0.500. The third-order valence-corrected chi connectivity index (χ3v) is 3.58. The lowest BCUT2D eigenvalue weighted by atomic mass is 9.98. The van der Waals surface area contributed by atoms with E-state index in [2.05, 4.69) is 22.8 Å². The minimum Gasteiger partial charge on any atom is -0.354 e. The van der Waals surface area contributed by atoms with Gasteiger partial charge < -0.3 is 16.4 Å². The van der Waals surface area contributed by atoms with Crippen LogP contribution in [0.25, 0.3) is 0 Å². The van der Waals surface area contributed by atoms with Crippen LogP contribution in [0.3, 0.4) is 0 Å². The van der Waals surface area contributed by atoms with Crippen LogP contribution < -0.4 is 16.4 Å². The van der Waals surface area contributed by atoms with Crippen molar-refractivity contribution in [3.63, 3.8) is 0 Å². The zero-order valence-electron chi connectivity index (χ0n) is 12.8. The van der Waals surface area contributed by atoms with Crippen LogP contribution in [0, 0.1) is 5.92 Å². The molecule has 0 aliphatic heterocycles. The Kier molecular flexibility index (Phi) is 7.29. The molecule has 116 valence electrons. The lowest BCUT2D eigenvalue weighted by Gasteiger charge is -2.22.